The van der Waals surface area contributed by atoms with Gasteiger partial charge in [-0.05, 0) is 111 Å². The van der Waals surface area contributed by atoms with Gasteiger partial charge in [-0.2, -0.15) is 19.2 Å². The zero-order valence-corrected chi connectivity index (χ0v) is 45.3. The average Bonchev–Trinajstić information content (AvgIpc) is 3.87. The Bertz CT molecular complexity index is 2180. The van der Waals surface area contributed by atoms with Gasteiger partial charge in [0.2, 0.25) is 0 Å². The lowest BCUT2D eigenvalue weighted by molar-refractivity contribution is 0.0187. The van der Waals surface area contributed by atoms with Crippen molar-refractivity contribution >= 4 is 83.1 Å². The number of amides is 2. The summed E-state index contributed by atoms with van der Waals surface area (Å²) in [4.78, 5) is 40.6. The van der Waals surface area contributed by atoms with Gasteiger partial charge in [0.25, 0.3) is 0 Å². The van der Waals surface area contributed by atoms with Crippen LogP contribution >= 0.6 is 31.9 Å². The maximum Gasteiger partial charge on any atom is 0.410 e. The molecule has 2 amide bonds. The summed E-state index contributed by atoms with van der Waals surface area (Å²) in [6, 6.07) is 5.94. The van der Waals surface area contributed by atoms with Gasteiger partial charge in [-0.1, -0.05) is 39.3 Å². The Balaban J connectivity index is 0.000000272. The lowest BCUT2D eigenvalue weighted by atomic mass is 9.94. The molecule has 6 rings (SSSR count). The van der Waals surface area contributed by atoms with Gasteiger partial charge in [0, 0.05) is 79.5 Å². The summed E-state index contributed by atoms with van der Waals surface area (Å²) in [5.74, 6) is 1.56. The van der Waals surface area contributed by atoms with Crippen LogP contribution in [0.25, 0.3) is 11.3 Å². The number of aromatic nitrogens is 6. The lowest BCUT2D eigenvalue weighted by Gasteiger charge is -2.35. The van der Waals surface area contributed by atoms with Crippen LogP contribution in [0.2, 0.25) is 51.4 Å². The Morgan fingerprint density at radius 1 is 0.719 bits per heavy atom. The van der Waals surface area contributed by atoms with E-state index >= 15 is 0 Å². The molecule has 64 heavy (non-hydrogen) atoms. The van der Waals surface area contributed by atoms with Crippen LogP contribution in [0.15, 0.2) is 33.5 Å². The number of fused-ring (bicyclic) bond motifs is 2. The van der Waals surface area contributed by atoms with Gasteiger partial charge in [0.1, 0.15) is 30.5 Å². The standard InChI is InChI=1S/C28H50BrN5O4Si2.C16H22BrN5O2/c1-28(2,3)38-27(35)32-14-10-11-22(19-32)25-24(29)26(34-23(31-25)12-13-30-34)33(20-36-15-17-39(4,5)6)21-37-16-18-40(7,8)9;1-16(2,3)24-15(23)21-8-4-5-10(9-21)13-12(17)14(18)22-11(20-13)6-7-19-22/h12-13,22H,10-11,14-21H2,1-9H3;6-7,10H,4-5,8-9,18H2,1-3H3. The normalized spacial score (nSPS) is 17.7. The van der Waals surface area contributed by atoms with Gasteiger partial charge >= 0.3 is 12.2 Å². The third kappa shape index (κ3) is 14.9. The van der Waals surface area contributed by atoms with Gasteiger partial charge in [-0.15, -0.1) is 0 Å². The number of hydrogen-bond acceptors (Lipinski definition) is 12. The van der Waals surface area contributed by atoms with Crippen LogP contribution in [0, 0.1) is 0 Å². The van der Waals surface area contributed by atoms with E-state index in [-0.39, 0.29) is 24.0 Å². The topological polar surface area (TPSA) is 167 Å². The molecule has 2 atom stereocenters. The molecular formula is C44H72Br2N10O6Si2. The molecule has 4 aromatic heterocycles. The molecule has 0 bridgehead atoms. The lowest BCUT2D eigenvalue weighted by Crippen LogP contribution is -2.42. The van der Waals surface area contributed by atoms with Crippen molar-refractivity contribution in [2.45, 2.75) is 142 Å². The highest BCUT2D eigenvalue weighted by atomic mass is 79.9. The van der Waals surface area contributed by atoms with Gasteiger partial charge in [-0.25, -0.2) is 19.6 Å². The number of anilines is 2. The molecule has 20 heteroatoms. The molecule has 16 nitrogen and oxygen atoms in total. The minimum absolute atomic E-state index is 0.0664. The third-order valence-electron chi connectivity index (χ3n) is 10.7. The molecule has 2 fully saturated rings. The fourth-order valence-electron chi connectivity index (χ4n) is 7.35. The summed E-state index contributed by atoms with van der Waals surface area (Å²) in [7, 11) is -2.43. The highest BCUT2D eigenvalue weighted by Crippen LogP contribution is 2.38. The monoisotopic (exact) mass is 1050 g/mol. The number of carbonyl (C=O) groups is 2. The number of piperidine rings is 2. The average molecular weight is 1050 g/mol. The Morgan fingerprint density at radius 2 is 1.14 bits per heavy atom. The molecule has 356 valence electrons. The fourth-order valence-corrected chi connectivity index (χ4v) is 10.3. The molecule has 2 saturated heterocycles. The largest absolute Gasteiger partial charge is 0.444 e. The summed E-state index contributed by atoms with van der Waals surface area (Å²) in [6.45, 7) is 30.2. The predicted molar refractivity (Wildman–Crippen MR) is 266 cm³/mol. The van der Waals surface area contributed by atoms with Crippen molar-refractivity contribution in [1.82, 2.24) is 39.0 Å². The number of nitrogens with two attached hydrogens (primary N) is 1. The van der Waals surface area contributed by atoms with E-state index in [1.54, 1.807) is 21.8 Å². The summed E-state index contributed by atoms with van der Waals surface area (Å²) in [5.41, 5.74) is 8.39. The van der Waals surface area contributed by atoms with E-state index in [2.05, 4.69) is 91.2 Å². The number of nitrogen functional groups attached to an aromatic ring is 1. The Morgan fingerprint density at radius 3 is 1.58 bits per heavy atom. The van der Waals surface area contributed by atoms with Crippen molar-refractivity contribution < 1.29 is 28.5 Å². The smallest absolute Gasteiger partial charge is 0.410 e. The number of halogens is 2. The SMILES string of the molecule is CC(C)(C)OC(=O)N1CCCC(c2nc3ccnn3c(N(COCC[Si](C)(C)C)COCC[Si](C)(C)C)c2Br)C1.CC(C)(C)OC(=O)N1CCCC(c2nc3ccnn3c(N)c2Br)C1. The van der Waals surface area contributed by atoms with Crippen LogP contribution < -0.4 is 10.6 Å². The van der Waals surface area contributed by atoms with E-state index in [1.807, 2.05) is 63.1 Å². The molecule has 2 unspecified atom stereocenters. The minimum Gasteiger partial charge on any atom is -0.444 e. The highest BCUT2D eigenvalue weighted by molar-refractivity contribution is 9.11. The number of carbonyl (C=O) groups excluding carboxylic acids is 2. The van der Waals surface area contributed by atoms with Gasteiger partial charge in [0.15, 0.2) is 17.1 Å². The van der Waals surface area contributed by atoms with E-state index in [1.165, 1.54) is 0 Å². The molecule has 0 spiro atoms. The summed E-state index contributed by atoms with van der Waals surface area (Å²) >= 11 is 7.46. The summed E-state index contributed by atoms with van der Waals surface area (Å²) in [6.07, 6.45) is 6.58. The van der Waals surface area contributed by atoms with E-state index in [9.17, 15) is 9.59 Å². The quantitative estimate of drug-likeness (QED) is 0.0766. The Labute approximate surface area is 398 Å². The van der Waals surface area contributed by atoms with Gasteiger partial charge < -0.3 is 39.4 Å². The Kier molecular flexibility index (Phi) is 17.4. The van der Waals surface area contributed by atoms with Crippen LogP contribution in [-0.4, -0.2) is 131 Å². The number of rotatable bonds is 13. The number of ether oxygens (including phenoxy) is 4. The van der Waals surface area contributed by atoms with Crippen molar-refractivity contribution in [3.8, 4) is 0 Å². The first-order valence-corrected chi connectivity index (χ1v) is 31.5. The van der Waals surface area contributed by atoms with Crippen molar-refractivity contribution in [3.05, 3.63) is 44.9 Å². The van der Waals surface area contributed by atoms with E-state index in [4.69, 9.17) is 29.7 Å². The zero-order valence-electron chi connectivity index (χ0n) is 40.2. The van der Waals surface area contributed by atoms with Crippen molar-refractivity contribution in [1.29, 1.82) is 0 Å². The second kappa shape index (κ2) is 21.5. The maximum atomic E-state index is 12.9. The molecule has 2 N–H and O–H groups in total. The van der Waals surface area contributed by atoms with E-state index in [0.29, 0.717) is 64.3 Å². The Hall–Kier alpha value is -3.31. The highest BCUT2D eigenvalue weighted by Gasteiger charge is 2.33. The van der Waals surface area contributed by atoms with Crippen LogP contribution in [0.3, 0.4) is 0 Å². The third-order valence-corrected chi connectivity index (χ3v) is 15.7. The van der Waals surface area contributed by atoms with Gasteiger partial charge in [0.05, 0.1) is 32.7 Å². The second-order valence-electron chi connectivity index (χ2n) is 21.3. The minimum atomic E-state index is -1.22. The molecular weight excluding hydrogens is 981 g/mol. The fraction of sp³-hybridized carbons (Fsp3) is 0.682. The molecule has 2 aliphatic heterocycles. The van der Waals surface area contributed by atoms with Crippen LogP contribution in [-0.2, 0) is 18.9 Å². The first kappa shape index (κ1) is 51.7. The number of likely N-dealkylation sites (tertiary alicyclic amines) is 2. The second-order valence-corrected chi connectivity index (χ2v) is 34.1. The summed E-state index contributed by atoms with van der Waals surface area (Å²) < 4.78 is 28.7. The van der Waals surface area contributed by atoms with Crippen LogP contribution in [0.4, 0.5) is 21.2 Å². The molecule has 0 radical (unpaired) electrons. The first-order valence-electron chi connectivity index (χ1n) is 22.5. The van der Waals surface area contributed by atoms with Crippen LogP contribution in [0.1, 0.15) is 90.4 Å². The van der Waals surface area contributed by atoms with Crippen molar-refractivity contribution in [2.75, 3.05) is 63.5 Å². The number of nitrogens with zero attached hydrogens (tertiary/aromatic N) is 9. The first-order chi connectivity index (χ1) is 29.8. The van der Waals surface area contributed by atoms with E-state index in [0.717, 1.165) is 69.6 Å². The summed E-state index contributed by atoms with van der Waals surface area (Å²) in [5, 5.41) is 8.77. The van der Waals surface area contributed by atoms with Crippen molar-refractivity contribution in [2.24, 2.45) is 0 Å². The van der Waals surface area contributed by atoms with Crippen LogP contribution in [0.5, 0.6) is 0 Å². The molecule has 0 aromatic carbocycles. The molecule has 0 saturated carbocycles. The van der Waals surface area contributed by atoms with Crippen molar-refractivity contribution in [3.63, 3.8) is 0 Å². The zero-order chi connectivity index (χ0) is 47.2. The number of hydrogen-bond donors (Lipinski definition) is 1. The molecule has 4 aromatic rings. The molecule has 2 aliphatic rings. The molecule has 0 aliphatic carbocycles. The van der Waals surface area contributed by atoms with Gasteiger partial charge in [-0.3, -0.25) is 0 Å². The maximum absolute atomic E-state index is 12.9. The predicted octanol–water partition coefficient (Wildman–Crippen LogP) is 10.2. The molecule has 6 heterocycles. The van der Waals surface area contributed by atoms with E-state index < -0.39 is 27.3 Å².